The molecule has 3 rings (SSSR count). The number of aromatic nitrogens is 2. The highest BCUT2D eigenvalue weighted by atomic mass is 35.5. The van der Waals surface area contributed by atoms with E-state index in [1.807, 2.05) is 6.07 Å². The SMILES string of the molecule is CC(C)(C)c1cnc(C(=O)NC2CCC(Oc3ccc(C#N)c(Cl)c3)CC2)cn1. The maximum absolute atomic E-state index is 12.5. The van der Waals surface area contributed by atoms with Crippen molar-refractivity contribution in [3.63, 3.8) is 0 Å². The summed E-state index contributed by atoms with van der Waals surface area (Å²) in [6.45, 7) is 6.18. The van der Waals surface area contributed by atoms with E-state index in [0.717, 1.165) is 31.4 Å². The summed E-state index contributed by atoms with van der Waals surface area (Å²) in [5.74, 6) is 0.469. The number of nitriles is 1. The third kappa shape index (κ3) is 5.45. The summed E-state index contributed by atoms with van der Waals surface area (Å²) in [5, 5.41) is 12.4. The number of ether oxygens (including phenoxy) is 1. The van der Waals surface area contributed by atoms with E-state index < -0.39 is 0 Å². The van der Waals surface area contributed by atoms with E-state index in [1.165, 1.54) is 0 Å². The lowest BCUT2D eigenvalue weighted by molar-refractivity contribution is 0.0888. The molecule has 0 aliphatic heterocycles. The second-order valence-corrected chi connectivity index (χ2v) is 8.76. The van der Waals surface area contributed by atoms with Crippen LogP contribution in [0.25, 0.3) is 0 Å². The normalized spacial score (nSPS) is 19.3. The minimum absolute atomic E-state index is 0.0676. The summed E-state index contributed by atoms with van der Waals surface area (Å²) in [5.41, 5.74) is 1.53. The molecule has 2 aromatic rings. The number of benzene rings is 1. The number of carbonyl (C=O) groups excluding carboxylic acids is 1. The van der Waals surface area contributed by atoms with Crippen LogP contribution in [-0.2, 0) is 5.41 Å². The molecule has 0 bridgehead atoms. The van der Waals surface area contributed by atoms with Gasteiger partial charge in [-0.2, -0.15) is 5.26 Å². The van der Waals surface area contributed by atoms with Crippen molar-refractivity contribution in [3.8, 4) is 11.8 Å². The molecule has 1 N–H and O–H groups in total. The summed E-state index contributed by atoms with van der Waals surface area (Å²) >= 11 is 6.06. The fourth-order valence-corrected chi connectivity index (χ4v) is 3.48. The van der Waals surface area contributed by atoms with Gasteiger partial charge in [-0.3, -0.25) is 9.78 Å². The first-order valence-corrected chi connectivity index (χ1v) is 10.1. The summed E-state index contributed by atoms with van der Waals surface area (Å²) < 4.78 is 5.99. The molecule has 0 radical (unpaired) electrons. The molecule has 0 unspecified atom stereocenters. The molecular weight excluding hydrogens is 388 g/mol. The molecule has 29 heavy (non-hydrogen) atoms. The molecule has 1 saturated carbocycles. The van der Waals surface area contributed by atoms with E-state index in [9.17, 15) is 4.79 Å². The van der Waals surface area contributed by atoms with Gasteiger partial charge < -0.3 is 10.1 Å². The molecule has 1 fully saturated rings. The number of nitrogens with one attached hydrogen (secondary N) is 1. The Morgan fingerprint density at radius 3 is 2.48 bits per heavy atom. The van der Waals surface area contributed by atoms with Crippen molar-refractivity contribution in [1.82, 2.24) is 15.3 Å². The third-order valence-corrected chi connectivity index (χ3v) is 5.34. The van der Waals surface area contributed by atoms with Crippen molar-refractivity contribution >= 4 is 17.5 Å². The van der Waals surface area contributed by atoms with E-state index in [-0.39, 0.29) is 23.5 Å². The van der Waals surface area contributed by atoms with Crippen molar-refractivity contribution in [2.75, 3.05) is 0 Å². The molecule has 7 heteroatoms. The Kier molecular flexibility index (Phi) is 6.39. The highest BCUT2D eigenvalue weighted by Gasteiger charge is 2.25. The Bertz CT molecular complexity index is 908. The van der Waals surface area contributed by atoms with Crippen LogP contribution in [0.1, 0.15) is 68.2 Å². The summed E-state index contributed by atoms with van der Waals surface area (Å²) in [4.78, 5) is 21.1. The number of rotatable bonds is 4. The molecule has 1 aromatic carbocycles. The van der Waals surface area contributed by atoms with Crippen molar-refractivity contribution in [1.29, 1.82) is 5.26 Å². The molecule has 0 spiro atoms. The van der Waals surface area contributed by atoms with Crippen LogP contribution in [-0.4, -0.2) is 28.0 Å². The first kappa shape index (κ1) is 21.1. The van der Waals surface area contributed by atoms with Crippen molar-refractivity contribution in [2.24, 2.45) is 0 Å². The highest BCUT2D eigenvalue weighted by molar-refractivity contribution is 6.31. The van der Waals surface area contributed by atoms with Crippen LogP contribution >= 0.6 is 11.6 Å². The number of amides is 1. The van der Waals surface area contributed by atoms with Gasteiger partial charge in [0.25, 0.3) is 5.91 Å². The summed E-state index contributed by atoms with van der Waals surface area (Å²) in [6.07, 6.45) is 6.59. The monoisotopic (exact) mass is 412 g/mol. The van der Waals surface area contributed by atoms with Gasteiger partial charge in [-0.1, -0.05) is 32.4 Å². The molecule has 6 nitrogen and oxygen atoms in total. The Morgan fingerprint density at radius 1 is 1.21 bits per heavy atom. The van der Waals surface area contributed by atoms with Gasteiger partial charge in [-0.05, 0) is 37.8 Å². The lowest BCUT2D eigenvalue weighted by Gasteiger charge is -2.29. The van der Waals surface area contributed by atoms with Gasteiger partial charge in [0, 0.05) is 23.7 Å². The first-order valence-electron chi connectivity index (χ1n) is 9.76. The summed E-state index contributed by atoms with van der Waals surface area (Å²) in [6, 6.07) is 7.23. The number of halogens is 1. The minimum Gasteiger partial charge on any atom is -0.490 e. The molecule has 152 valence electrons. The fourth-order valence-electron chi connectivity index (χ4n) is 3.27. The number of carbonyl (C=O) groups is 1. The second kappa shape index (κ2) is 8.79. The van der Waals surface area contributed by atoms with Crippen LogP contribution in [0.15, 0.2) is 30.6 Å². The quantitative estimate of drug-likeness (QED) is 0.802. The van der Waals surface area contributed by atoms with Crippen LogP contribution in [0.3, 0.4) is 0 Å². The minimum atomic E-state index is -0.193. The van der Waals surface area contributed by atoms with E-state index in [0.29, 0.717) is 22.0 Å². The third-order valence-electron chi connectivity index (χ3n) is 5.03. The lowest BCUT2D eigenvalue weighted by atomic mass is 9.92. The van der Waals surface area contributed by atoms with E-state index in [1.54, 1.807) is 30.6 Å². The van der Waals surface area contributed by atoms with Gasteiger partial charge >= 0.3 is 0 Å². The van der Waals surface area contributed by atoms with E-state index >= 15 is 0 Å². The first-order chi connectivity index (χ1) is 13.8. The van der Waals surface area contributed by atoms with Gasteiger partial charge in [0.2, 0.25) is 0 Å². The van der Waals surface area contributed by atoms with Crippen molar-refractivity contribution < 1.29 is 9.53 Å². The molecule has 0 atom stereocenters. The van der Waals surface area contributed by atoms with Crippen molar-refractivity contribution in [2.45, 2.75) is 64.0 Å². The van der Waals surface area contributed by atoms with Crippen LogP contribution in [0, 0.1) is 11.3 Å². The average Bonchev–Trinajstić information content (AvgIpc) is 2.69. The van der Waals surface area contributed by atoms with Gasteiger partial charge in [0.1, 0.15) is 17.5 Å². The number of nitrogens with zero attached hydrogens (tertiary/aromatic N) is 3. The smallest absolute Gasteiger partial charge is 0.271 e. The van der Waals surface area contributed by atoms with Crippen LogP contribution in [0.2, 0.25) is 5.02 Å². The standard InChI is InChI=1S/C22H25ClN4O2/c1-22(2,3)20-13-25-19(12-26-20)21(28)27-15-5-8-16(9-6-15)29-17-7-4-14(11-24)18(23)10-17/h4,7,10,12-13,15-16H,5-6,8-9H2,1-3H3,(H,27,28). The van der Waals surface area contributed by atoms with E-state index in [4.69, 9.17) is 21.6 Å². The molecule has 1 aromatic heterocycles. The van der Waals surface area contributed by atoms with Crippen LogP contribution in [0.5, 0.6) is 5.75 Å². The zero-order valence-corrected chi connectivity index (χ0v) is 17.7. The zero-order chi connectivity index (χ0) is 21.0. The number of hydrogen-bond acceptors (Lipinski definition) is 5. The Balaban J connectivity index is 1.50. The Morgan fingerprint density at radius 2 is 1.93 bits per heavy atom. The second-order valence-electron chi connectivity index (χ2n) is 8.36. The van der Waals surface area contributed by atoms with E-state index in [2.05, 4.69) is 36.1 Å². The van der Waals surface area contributed by atoms with Gasteiger partial charge in [0.15, 0.2) is 0 Å². The maximum atomic E-state index is 12.5. The van der Waals surface area contributed by atoms with Crippen molar-refractivity contribution in [3.05, 3.63) is 52.6 Å². The largest absolute Gasteiger partial charge is 0.490 e. The molecular formula is C22H25ClN4O2. The Labute approximate surface area is 176 Å². The molecule has 1 aliphatic rings. The van der Waals surface area contributed by atoms with Gasteiger partial charge in [0.05, 0.1) is 28.6 Å². The topological polar surface area (TPSA) is 87.9 Å². The maximum Gasteiger partial charge on any atom is 0.271 e. The Hall–Kier alpha value is -2.65. The van der Waals surface area contributed by atoms with Gasteiger partial charge in [-0.15, -0.1) is 0 Å². The average molecular weight is 413 g/mol. The summed E-state index contributed by atoms with van der Waals surface area (Å²) in [7, 11) is 0. The predicted molar refractivity (Wildman–Crippen MR) is 111 cm³/mol. The zero-order valence-electron chi connectivity index (χ0n) is 16.9. The molecule has 1 heterocycles. The number of hydrogen-bond donors (Lipinski definition) is 1. The van der Waals surface area contributed by atoms with Crippen LogP contribution in [0.4, 0.5) is 0 Å². The highest BCUT2D eigenvalue weighted by Crippen LogP contribution is 2.27. The fraction of sp³-hybridized carbons (Fsp3) is 0.455. The molecule has 1 amide bonds. The molecule has 0 saturated heterocycles. The van der Waals surface area contributed by atoms with Gasteiger partial charge in [-0.25, -0.2) is 4.98 Å². The molecule has 1 aliphatic carbocycles. The predicted octanol–water partition coefficient (Wildman–Crippen LogP) is 4.42. The van der Waals surface area contributed by atoms with Crippen LogP contribution < -0.4 is 10.1 Å². The lowest BCUT2D eigenvalue weighted by Crippen LogP contribution is -2.40.